The van der Waals surface area contributed by atoms with E-state index in [1.165, 1.54) is 19.8 Å². The Morgan fingerprint density at radius 1 is 1.03 bits per heavy atom. The molecule has 6 heteroatoms. The summed E-state index contributed by atoms with van der Waals surface area (Å²) in [5, 5.41) is 5.93. The van der Waals surface area contributed by atoms with Gasteiger partial charge in [0.25, 0.3) is 5.91 Å². The number of hydrogen-bond donors (Lipinski definition) is 3. The van der Waals surface area contributed by atoms with E-state index < -0.39 is 0 Å². The van der Waals surface area contributed by atoms with E-state index >= 15 is 0 Å². The second kappa shape index (κ2) is 8.07. The quantitative estimate of drug-likeness (QED) is 0.613. The second-order valence-corrected chi connectivity index (χ2v) is 8.01. The zero-order valence-electron chi connectivity index (χ0n) is 16.8. The Hall–Kier alpha value is -3.15. The van der Waals surface area contributed by atoms with Gasteiger partial charge in [0, 0.05) is 29.8 Å². The second-order valence-electron chi connectivity index (χ2n) is 8.01. The first-order valence-corrected chi connectivity index (χ1v) is 10.2. The fraction of sp³-hybridized carbons (Fsp3) is 0.348. The smallest absolute Gasteiger partial charge is 0.251 e. The predicted molar refractivity (Wildman–Crippen MR) is 115 cm³/mol. The zero-order chi connectivity index (χ0) is 20.4. The molecule has 1 aliphatic carbocycles. The van der Waals surface area contributed by atoms with Gasteiger partial charge in [-0.3, -0.25) is 9.59 Å². The van der Waals surface area contributed by atoms with Gasteiger partial charge < -0.3 is 15.6 Å². The number of aromatic nitrogens is 2. The molecule has 3 N–H and O–H groups in total. The molecule has 1 aromatic heterocycles. The van der Waals surface area contributed by atoms with Crippen molar-refractivity contribution in [2.75, 3.05) is 5.32 Å². The molecule has 1 fully saturated rings. The molecule has 0 bridgehead atoms. The number of amides is 2. The molecule has 0 radical (unpaired) electrons. The Kier molecular flexibility index (Phi) is 5.34. The summed E-state index contributed by atoms with van der Waals surface area (Å²) in [6.07, 6.45) is 4.48. The molecule has 1 aliphatic rings. The number of H-pyrrole nitrogens is 1. The Morgan fingerprint density at radius 3 is 2.45 bits per heavy atom. The fourth-order valence-corrected chi connectivity index (χ4v) is 3.88. The van der Waals surface area contributed by atoms with Gasteiger partial charge in [0.15, 0.2) is 0 Å². The molecule has 1 saturated carbocycles. The summed E-state index contributed by atoms with van der Waals surface area (Å²) in [5.74, 6) is 1.37. The van der Waals surface area contributed by atoms with Gasteiger partial charge in [0.2, 0.25) is 5.91 Å². The van der Waals surface area contributed by atoms with Crippen LogP contribution >= 0.6 is 0 Å². The molecule has 0 aliphatic heterocycles. The third-order valence-electron chi connectivity index (χ3n) is 5.57. The van der Waals surface area contributed by atoms with Crippen LogP contribution in [0.5, 0.6) is 0 Å². The number of carbonyl (C=O) groups is 2. The molecule has 2 aromatic carbocycles. The molecule has 0 spiro atoms. The first-order valence-electron chi connectivity index (χ1n) is 10.2. The van der Waals surface area contributed by atoms with Crippen molar-refractivity contribution in [1.29, 1.82) is 0 Å². The zero-order valence-corrected chi connectivity index (χ0v) is 16.8. The lowest BCUT2D eigenvalue weighted by atomic mass is 9.87. The molecule has 150 valence electrons. The van der Waals surface area contributed by atoms with Gasteiger partial charge in [0.1, 0.15) is 5.82 Å². The van der Waals surface area contributed by atoms with Crippen LogP contribution in [0.2, 0.25) is 0 Å². The number of anilines is 1. The van der Waals surface area contributed by atoms with Crippen molar-refractivity contribution in [2.45, 2.75) is 45.6 Å². The molecular weight excluding hydrogens is 364 g/mol. The lowest BCUT2D eigenvalue weighted by Crippen LogP contribution is -2.37. The minimum absolute atomic E-state index is 0.0133. The third-order valence-corrected chi connectivity index (χ3v) is 5.57. The van der Waals surface area contributed by atoms with Crippen molar-refractivity contribution < 1.29 is 9.59 Å². The average molecular weight is 390 g/mol. The van der Waals surface area contributed by atoms with Gasteiger partial charge in [-0.05, 0) is 61.9 Å². The van der Waals surface area contributed by atoms with E-state index in [2.05, 4.69) is 27.5 Å². The maximum atomic E-state index is 12.5. The number of carbonyl (C=O) groups excluding carboxylic acids is 2. The largest absolute Gasteiger partial charge is 0.349 e. The van der Waals surface area contributed by atoms with Crippen molar-refractivity contribution in [2.24, 2.45) is 5.92 Å². The number of nitrogens with zero attached hydrogens (tertiary/aromatic N) is 1. The number of aromatic amines is 1. The Balaban J connectivity index is 1.47. The summed E-state index contributed by atoms with van der Waals surface area (Å²) in [7, 11) is 0. The minimum Gasteiger partial charge on any atom is -0.349 e. The minimum atomic E-state index is -0.110. The van der Waals surface area contributed by atoms with Crippen LogP contribution in [-0.4, -0.2) is 27.8 Å². The molecule has 2 amide bonds. The number of benzene rings is 2. The van der Waals surface area contributed by atoms with Crippen LogP contribution in [0.4, 0.5) is 5.69 Å². The first kappa shape index (κ1) is 19.2. The van der Waals surface area contributed by atoms with E-state index in [1.54, 1.807) is 0 Å². The molecule has 1 heterocycles. The van der Waals surface area contributed by atoms with E-state index in [1.807, 2.05) is 42.5 Å². The highest BCUT2D eigenvalue weighted by Gasteiger charge is 2.20. The van der Waals surface area contributed by atoms with E-state index in [4.69, 9.17) is 0 Å². The van der Waals surface area contributed by atoms with Crippen LogP contribution in [-0.2, 0) is 4.79 Å². The van der Waals surface area contributed by atoms with Crippen molar-refractivity contribution in [1.82, 2.24) is 15.3 Å². The summed E-state index contributed by atoms with van der Waals surface area (Å²) in [5.41, 5.74) is 3.97. The van der Waals surface area contributed by atoms with Crippen LogP contribution in [0.15, 0.2) is 42.5 Å². The maximum absolute atomic E-state index is 12.5. The molecule has 29 heavy (non-hydrogen) atoms. The van der Waals surface area contributed by atoms with E-state index in [0.29, 0.717) is 5.56 Å². The van der Waals surface area contributed by atoms with Gasteiger partial charge >= 0.3 is 0 Å². The van der Waals surface area contributed by atoms with E-state index in [9.17, 15) is 9.59 Å². The average Bonchev–Trinajstić information content (AvgIpc) is 3.13. The third kappa shape index (κ3) is 4.47. The highest BCUT2D eigenvalue weighted by Crippen LogP contribution is 2.25. The van der Waals surface area contributed by atoms with Crippen LogP contribution in [0, 0.1) is 5.92 Å². The van der Waals surface area contributed by atoms with Gasteiger partial charge in [-0.15, -0.1) is 0 Å². The van der Waals surface area contributed by atoms with Crippen LogP contribution < -0.4 is 10.6 Å². The summed E-state index contributed by atoms with van der Waals surface area (Å²) in [4.78, 5) is 31.7. The molecule has 3 aromatic rings. The van der Waals surface area contributed by atoms with Crippen molar-refractivity contribution in [3.63, 3.8) is 0 Å². The van der Waals surface area contributed by atoms with Crippen LogP contribution in [0.25, 0.3) is 22.4 Å². The molecule has 0 atom stereocenters. The van der Waals surface area contributed by atoms with Gasteiger partial charge in [0.05, 0.1) is 11.0 Å². The van der Waals surface area contributed by atoms with Crippen molar-refractivity contribution in [3.8, 4) is 11.4 Å². The number of imidazole rings is 1. The number of fused-ring (bicyclic) bond motifs is 1. The topological polar surface area (TPSA) is 86.9 Å². The normalized spacial score (nSPS) is 19.1. The molecule has 0 saturated heterocycles. The summed E-state index contributed by atoms with van der Waals surface area (Å²) >= 11 is 0. The van der Waals surface area contributed by atoms with Crippen LogP contribution in [0.3, 0.4) is 0 Å². The fourth-order valence-electron chi connectivity index (χ4n) is 3.88. The van der Waals surface area contributed by atoms with Crippen molar-refractivity contribution in [3.05, 3.63) is 48.0 Å². The van der Waals surface area contributed by atoms with Gasteiger partial charge in [-0.25, -0.2) is 4.98 Å². The van der Waals surface area contributed by atoms with Crippen LogP contribution in [0.1, 0.15) is 49.9 Å². The van der Waals surface area contributed by atoms with Gasteiger partial charge in [-0.1, -0.05) is 19.1 Å². The number of rotatable bonds is 4. The lowest BCUT2D eigenvalue weighted by molar-refractivity contribution is -0.114. The maximum Gasteiger partial charge on any atom is 0.251 e. The molecule has 4 rings (SSSR count). The number of hydrogen-bond acceptors (Lipinski definition) is 3. The van der Waals surface area contributed by atoms with E-state index in [0.717, 1.165) is 46.9 Å². The molecule has 0 unspecified atom stereocenters. The lowest BCUT2D eigenvalue weighted by Gasteiger charge is -2.26. The Labute approximate surface area is 170 Å². The summed E-state index contributed by atoms with van der Waals surface area (Å²) < 4.78 is 0. The van der Waals surface area contributed by atoms with Crippen molar-refractivity contribution >= 4 is 28.5 Å². The molecule has 6 nitrogen and oxygen atoms in total. The molecular formula is C23H26N4O2. The standard InChI is InChI=1S/C23H26N4O2/c1-14-3-9-18(10-4-14)25-23(29)17-7-5-16(6-8-17)22-26-20-12-11-19(24-15(2)28)13-21(20)27-22/h5-8,11-14,18H,3-4,9-10H2,1-2H3,(H,24,28)(H,25,29)(H,26,27). The summed E-state index contributed by atoms with van der Waals surface area (Å²) in [6, 6.07) is 13.3. The Bertz CT molecular complexity index is 1030. The summed E-state index contributed by atoms with van der Waals surface area (Å²) in [6.45, 7) is 3.75. The van der Waals surface area contributed by atoms with E-state index in [-0.39, 0.29) is 17.9 Å². The SMILES string of the molecule is CC(=O)Nc1ccc2nc(-c3ccc(C(=O)NC4CCC(C)CC4)cc3)[nH]c2c1. The highest BCUT2D eigenvalue weighted by molar-refractivity contribution is 5.95. The first-order chi connectivity index (χ1) is 14.0. The van der Waals surface area contributed by atoms with Gasteiger partial charge in [-0.2, -0.15) is 0 Å². The monoisotopic (exact) mass is 390 g/mol. The highest BCUT2D eigenvalue weighted by atomic mass is 16.2. The predicted octanol–water partition coefficient (Wildman–Crippen LogP) is 4.50. The number of nitrogens with one attached hydrogen (secondary N) is 3. The Morgan fingerprint density at radius 2 is 1.76 bits per heavy atom.